The van der Waals surface area contributed by atoms with Crippen LogP contribution in [0.15, 0.2) is 22.7 Å². The van der Waals surface area contributed by atoms with Crippen LogP contribution in [0, 0.1) is 0 Å². The van der Waals surface area contributed by atoms with E-state index in [9.17, 15) is 9.59 Å². The summed E-state index contributed by atoms with van der Waals surface area (Å²) in [5.74, 6) is -0.118. The maximum atomic E-state index is 11.9. The van der Waals surface area contributed by atoms with E-state index in [0.29, 0.717) is 6.54 Å². The van der Waals surface area contributed by atoms with Gasteiger partial charge in [0.05, 0.1) is 18.3 Å². The van der Waals surface area contributed by atoms with Crippen LogP contribution in [-0.2, 0) is 16.0 Å². The number of carbonyl (C=O) groups excluding carboxylic acids is 2. The van der Waals surface area contributed by atoms with Gasteiger partial charge in [-0.1, -0.05) is 15.9 Å². The molecule has 1 aromatic rings. The lowest BCUT2D eigenvalue weighted by Gasteiger charge is -2.16. The molecule has 100 valence electrons. The summed E-state index contributed by atoms with van der Waals surface area (Å²) >= 11 is 3.43. The SMILES string of the molecule is CC(=O)NC[C@H]1OC(=O)N2c3ccc(Br)cc3C[C@H]12. The number of halogens is 1. The maximum absolute atomic E-state index is 11.9. The lowest BCUT2D eigenvalue weighted by Crippen LogP contribution is -2.40. The molecule has 0 radical (unpaired) electrons. The molecule has 19 heavy (non-hydrogen) atoms. The van der Waals surface area contributed by atoms with Gasteiger partial charge in [0.1, 0.15) is 6.10 Å². The van der Waals surface area contributed by atoms with Crippen molar-refractivity contribution in [1.82, 2.24) is 5.32 Å². The summed E-state index contributed by atoms with van der Waals surface area (Å²) in [6.45, 7) is 1.81. The Kier molecular flexibility index (Phi) is 2.97. The summed E-state index contributed by atoms with van der Waals surface area (Å²) < 4.78 is 6.33. The molecule has 3 rings (SSSR count). The Morgan fingerprint density at radius 2 is 2.37 bits per heavy atom. The van der Waals surface area contributed by atoms with E-state index < -0.39 is 0 Å². The first-order chi connectivity index (χ1) is 9.06. The minimum atomic E-state index is -0.332. The number of rotatable bonds is 2. The molecule has 1 N–H and O–H groups in total. The van der Waals surface area contributed by atoms with Crippen molar-refractivity contribution in [2.24, 2.45) is 0 Å². The standard InChI is InChI=1S/C13H13BrN2O3/c1-7(17)15-6-12-11-5-8-4-9(14)2-3-10(8)16(11)13(18)19-12/h2-4,11-12H,5-6H2,1H3,(H,15,17)/t11-,12-/m1/s1. The van der Waals surface area contributed by atoms with Crippen LogP contribution in [0.2, 0.25) is 0 Å². The molecule has 2 atom stereocenters. The van der Waals surface area contributed by atoms with Crippen LogP contribution in [0.5, 0.6) is 0 Å². The van der Waals surface area contributed by atoms with Gasteiger partial charge < -0.3 is 10.1 Å². The first-order valence-electron chi connectivity index (χ1n) is 6.09. The van der Waals surface area contributed by atoms with E-state index in [1.54, 1.807) is 4.90 Å². The van der Waals surface area contributed by atoms with Crippen LogP contribution in [0.3, 0.4) is 0 Å². The fourth-order valence-corrected chi connectivity index (χ4v) is 3.07. The van der Waals surface area contributed by atoms with E-state index in [1.165, 1.54) is 6.92 Å². The summed E-state index contributed by atoms with van der Waals surface area (Å²) in [5.41, 5.74) is 2.03. The highest BCUT2D eigenvalue weighted by molar-refractivity contribution is 9.10. The van der Waals surface area contributed by atoms with Crippen LogP contribution < -0.4 is 10.2 Å². The average Bonchev–Trinajstić information content (AvgIpc) is 2.84. The van der Waals surface area contributed by atoms with Crippen molar-refractivity contribution in [2.75, 3.05) is 11.4 Å². The third kappa shape index (κ3) is 2.10. The van der Waals surface area contributed by atoms with Crippen LogP contribution in [0.25, 0.3) is 0 Å². The zero-order valence-electron chi connectivity index (χ0n) is 10.4. The number of fused-ring (bicyclic) bond motifs is 3. The molecule has 2 amide bonds. The lowest BCUT2D eigenvalue weighted by atomic mass is 10.1. The maximum Gasteiger partial charge on any atom is 0.415 e. The van der Waals surface area contributed by atoms with E-state index in [2.05, 4.69) is 21.2 Å². The molecule has 2 heterocycles. The van der Waals surface area contributed by atoms with Crippen molar-refractivity contribution in [3.05, 3.63) is 28.2 Å². The first-order valence-corrected chi connectivity index (χ1v) is 6.88. The third-order valence-corrected chi connectivity index (χ3v) is 3.99. The number of nitrogens with one attached hydrogen (secondary N) is 1. The number of amides is 2. The summed E-state index contributed by atoms with van der Waals surface area (Å²) in [6, 6.07) is 5.83. The lowest BCUT2D eigenvalue weighted by molar-refractivity contribution is -0.119. The normalized spacial score (nSPS) is 23.9. The highest BCUT2D eigenvalue weighted by Crippen LogP contribution is 2.39. The van der Waals surface area contributed by atoms with Crippen molar-refractivity contribution in [1.29, 1.82) is 0 Å². The molecule has 2 aliphatic rings. The van der Waals surface area contributed by atoms with Gasteiger partial charge in [0.25, 0.3) is 0 Å². The van der Waals surface area contributed by atoms with Gasteiger partial charge in [-0.05, 0) is 30.2 Å². The van der Waals surface area contributed by atoms with Crippen molar-refractivity contribution < 1.29 is 14.3 Å². The Bertz CT molecular complexity index is 561. The van der Waals surface area contributed by atoms with E-state index in [4.69, 9.17) is 4.74 Å². The molecule has 0 spiro atoms. The molecule has 0 aromatic heterocycles. The van der Waals surface area contributed by atoms with Gasteiger partial charge in [0.15, 0.2) is 0 Å². The largest absolute Gasteiger partial charge is 0.442 e. The third-order valence-electron chi connectivity index (χ3n) is 3.49. The molecule has 5 nitrogen and oxygen atoms in total. The monoisotopic (exact) mass is 324 g/mol. The fraction of sp³-hybridized carbons (Fsp3) is 0.385. The summed E-state index contributed by atoms with van der Waals surface area (Å²) in [6.07, 6.45) is 0.133. The van der Waals surface area contributed by atoms with E-state index in [1.807, 2.05) is 18.2 Å². The fourth-order valence-electron chi connectivity index (χ4n) is 2.67. The van der Waals surface area contributed by atoms with Crippen molar-refractivity contribution in [3.8, 4) is 0 Å². The van der Waals surface area contributed by atoms with Gasteiger partial charge in [-0.15, -0.1) is 0 Å². The number of carbonyl (C=O) groups is 2. The number of hydrogen-bond acceptors (Lipinski definition) is 3. The van der Waals surface area contributed by atoms with Crippen molar-refractivity contribution in [3.63, 3.8) is 0 Å². The molecule has 0 aliphatic carbocycles. The zero-order chi connectivity index (χ0) is 13.6. The first kappa shape index (κ1) is 12.5. The van der Waals surface area contributed by atoms with Crippen LogP contribution >= 0.6 is 15.9 Å². The molecular formula is C13H13BrN2O3. The number of ether oxygens (including phenoxy) is 1. The Balaban J connectivity index is 1.84. The smallest absolute Gasteiger partial charge is 0.415 e. The van der Waals surface area contributed by atoms with E-state index in [0.717, 1.165) is 22.1 Å². The highest BCUT2D eigenvalue weighted by atomic mass is 79.9. The van der Waals surface area contributed by atoms with Gasteiger partial charge >= 0.3 is 6.09 Å². The van der Waals surface area contributed by atoms with Crippen LogP contribution in [0.1, 0.15) is 12.5 Å². The highest BCUT2D eigenvalue weighted by Gasteiger charge is 2.47. The number of benzene rings is 1. The minimum absolute atomic E-state index is 0.0244. The van der Waals surface area contributed by atoms with Crippen molar-refractivity contribution in [2.45, 2.75) is 25.5 Å². The van der Waals surface area contributed by atoms with Crippen molar-refractivity contribution >= 4 is 33.6 Å². The average molecular weight is 325 g/mol. The number of nitrogens with zero attached hydrogens (tertiary/aromatic N) is 1. The summed E-state index contributed by atoms with van der Waals surface area (Å²) in [4.78, 5) is 24.6. The van der Waals surface area contributed by atoms with E-state index >= 15 is 0 Å². The second kappa shape index (κ2) is 4.52. The molecule has 2 aliphatic heterocycles. The summed E-state index contributed by atoms with van der Waals surface area (Å²) in [7, 11) is 0. The number of anilines is 1. The molecule has 1 saturated heterocycles. The van der Waals surface area contributed by atoms with Gasteiger partial charge in [0.2, 0.25) is 5.91 Å². The predicted molar refractivity (Wildman–Crippen MR) is 73.1 cm³/mol. The van der Waals surface area contributed by atoms with E-state index in [-0.39, 0.29) is 24.1 Å². The summed E-state index contributed by atoms with van der Waals surface area (Å²) in [5, 5.41) is 2.71. The molecule has 1 aromatic carbocycles. The second-order valence-corrected chi connectivity index (χ2v) is 5.69. The quantitative estimate of drug-likeness (QED) is 0.903. The Morgan fingerprint density at radius 1 is 1.58 bits per heavy atom. The van der Waals surface area contributed by atoms with Gasteiger partial charge in [-0.25, -0.2) is 4.79 Å². The molecule has 1 fully saturated rings. The number of hydrogen-bond donors (Lipinski definition) is 1. The Labute approximate surface area is 119 Å². The van der Waals surface area contributed by atoms with Crippen LogP contribution in [0.4, 0.5) is 10.5 Å². The topological polar surface area (TPSA) is 58.6 Å². The molecule has 6 heteroatoms. The Hall–Kier alpha value is -1.56. The zero-order valence-corrected chi connectivity index (χ0v) is 11.9. The van der Waals surface area contributed by atoms with Gasteiger partial charge in [-0.2, -0.15) is 0 Å². The molecule has 0 unspecified atom stereocenters. The molecule has 0 bridgehead atoms. The van der Waals surface area contributed by atoms with Crippen LogP contribution in [-0.4, -0.2) is 30.7 Å². The number of cyclic esters (lactones) is 1. The van der Waals surface area contributed by atoms with Gasteiger partial charge in [-0.3, -0.25) is 9.69 Å². The second-order valence-electron chi connectivity index (χ2n) is 4.77. The Morgan fingerprint density at radius 3 is 3.11 bits per heavy atom. The molecular weight excluding hydrogens is 312 g/mol. The molecule has 0 saturated carbocycles. The van der Waals surface area contributed by atoms with Gasteiger partial charge in [0, 0.05) is 11.4 Å². The predicted octanol–water partition coefficient (Wildman–Crippen LogP) is 1.84. The minimum Gasteiger partial charge on any atom is -0.442 e.